The molecule has 0 saturated heterocycles. The highest BCUT2D eigenvalue weighted by Gasteiger charge is 2.17. The van der Waals surface area contributed by atoms with Gasteiger partial charge in [0.2, 0.25) is 5.88 Å². The van der Waals surface area contributed by atoms with Crippen LogP contribution in [0.2, 0.25) is 0 Å². The molecule has 0 N–H and O–H groups in total. The van der Waals surface area contributed by atoms with Crippen LogP contribution in [0.4, 0.5) is 0 Å². The van der Waals surface area contributed by atoms with Gasteiger partial charge in [-0.15, -0.1) is 0 Å². The van der Waals surface area contributed by atoms with Gasteiger partial charge in [0.25, 0.3) is 5.91 Å². The van der Waals surface area contributed by atoms with E-state index in [1.807, 2.05) is 42.5 Å². The van der Waals surface area contributed by atoms with E-state index >= 15 is 0 Å². The molecule has 0 radical (unpaired) electrons. The van der Waals surface area contributed by atoms with Gasteiger partial charge in [-0.25, -0.2) is 4.98 Å². The number of pyridine rings is 2. The summed E-state index contributed by atoms with van der Waals surface area (Å²) < 4.78 is 11.8. The first-order chi connectivity index (χ1) is 13.7. The smallest absolute Gasteiger partial charge is 0.255 e. The quantitative estimate of drug-likeness (QED) is 0.520. The summed E-state index contributed by atoms with van der Waals surface area (Å²) in [6.45, 7) is 1.30. The standard InChI is InChI=1S/C21H20BrN3O3/c1-27-12-11-25(15-18-6-2-3-10-23-18)21(26)16-8-9-20(24-14-16)28-19-7-4-5-17(22)13-19/h2-10,13-14H,11-12,15H2,1H3. The lowest BCUT2D eigenvalue weighted by Gasteiger charge is -2.22. The highest BCUT2D eigenvalue weighted by atomic mass is 79.9. The van der Waals surface area contributed by atoms with E-state index in [9.17, 15) is 4.79 Å². The number of amides is 1. The van der Waals surface area contributed by atoms with Crippen LogP contribution >= 0.6 is 15.9 Å². The van der Waals surface area contributed by atoms with Gasteiger partial charge in [-0.3, -0.25) is 9.78 Å². The molecule has 0 bridgehead atoms. The van der Waals surface area contributed by atoms with Gasteiger partial charge in [-0.2, -0.15) is 0 Å². The SMILES string of the molecule is COCCN(Cc1ccccn1)C(=O)c1ccc(Oc2cccc(Br)c2)nc1. The lowest BCUT2D eigenvalue weighted by Crippen LogP contribution is -2.33. The maximum Gasteiger partial charge on any atom is 0.255 e. The van der Waals surface area contributed by atoms with Gasteiger partial charge in [0.05, 0.1) is 24.4 Å². The van der Waals surface area contributed by atoms with E-state index in [1.165, 1.54) is 6.20 Å². The van der Waals surface area contributed by atoms with E-state index < -0.39 is 0 Å². The predicted molar refractivity (Wildman–Crippen MR) is 109 cm³/mol. The molecule has 0 aliphatic rings. The Morgan fingerprint density at radius 1 is 1.11 bits per heavy atom. The first-order valence-electron chi connectivity index (χ1n) is 8.73. The first kappa shape index (κ1) is 20.0. The van der Waals surface area contributed by atoms with Crippen LogP contribution in [-0.4, -0.2) is 41.0 Å². The molecule has 28 heavy (non-hydrogen) atoms. The van der Waals surface area contributed by atoms with Crippen molar-refractivity contribution in [3.05, 3.63) is 82.7 Å². The summed E-state index contributed by atoms with van der Waals surface area (Å²) in [7, 11) is 1.61. The average Bonchev–Trinajstić information content (AvgIpc) is 2.72. The van der Waals surface area contributed by atoms with Gasteiger partial charge >= 0.3 is 0 Å². The van der Waals surface area contributed by atoms with Crippen molar-refractivity contribution in [3.63, 3.8) is 0 Å². The summed E-state index contributed by atoms with van der Waals surface area (Å²) in [5.41, 5.74) is 1.29. The van der Waals surface area contributed by atoms with Crippen molar-refractivity contribution >= 4 is 21.8 Å². The molecule has 0 fully saturated rings. The Morgan fingerprint density at radius 2 is 2.00 bits per heavy atom. The van der Waals surface area contributed by atoms with Crippen molar-refractivity contribution in [1.29, 1.82) is 0 Å². The van der Waals surface area contributed by atoms with Crippen LogP contribution in [0.3, 0.4) is 0 Å². The maximum absolute atomic E-state index is 12.9. The summed E-state index contributed by atoms with van der Waals surface area (Å²) in [4.78, 5) is 23.2. The molecule has 0 atom stereocenters. The Balaban J connectivity index is 1.71. The van der Waals surface area contributed by atoms with E-state index in [-0.39, 0.29) is 5.91 Å². The number of nitrogens with zero attached hydrogens (tertiary/aromatic N) is 3. The first-order valence-corrected chi connectivity index (χ1v) is 9.52. The van der Waals surface area contributed by atoms with Crippen LogP contribution in [0.15, 0.2) is 71.5 Å². The van der Waals surface area contributed by atoms with Crippen LogP contribution < -0.4 is 4.74 Å². The molecule has 0 spiro atoms. The summed E-state index contributed by atoms with van der Waals surface area (Å²) in [5, 5.41) is 0. The zero-order valence-electron chi connectivity index (χ0n) is 15.4. The van der Waals surface area contributed by atoms with Gasteiger partial charge < -0.3 is 14.4 Å². The molecule has 3 rings (SSSR count). The van der Waals surface area contributed by atoms with E-state index in [0.717, 1.165) is 10.2 Å². The number of benzene rings is 1. The zero-order chi connectivity index (χ0) is 19.8. The van der Waals surface area contributed by atoms with Crippen molar-refractivity contribution in [3.8, 4) is 11.6 Å². The van der Waals surface area contributed by atoms with E-state index in [4.69, 9.17) is 9.47 Å². The largest absolute Gasteiger partial charge is 0.439 e. The Bertz CT molecular complexity index is 904. The van der Waals surface area contributed by atoms with Gasteiger partial charge in [0, 0.05) is 36.6 Å². The normalized spacial score (nSPS) is 10.5. The van der Waals surface area contributed by atoms with Crippen LogP contribution in [0.25, 0.3) is 0 Å². The molecule has 1 aromatic carbocycles. The number of carbonyl (C=O) groups is 1. The van der Waals surface area contributed by atoms with Gasteiger partial charge in [-0.1, -0.05) is 28.1 Å². The summed E-state index contributed by atoms with van der Waals surface area (Å²) >= 11 is 3.40. The molecule has 0 unspecified atom stereocenters. The topological polar surface area (TPSA) is 64.5 Å². The molecule has 3 aromatic rings. The summed E-state index contributed by atoms with van der Waals surface area (Å²) in [6.07, 6.45) is 3.23. The van der Waals surface area contributed by atoms with Crippen molar-refractivity contribution in [2.45, 2.75) is 6.54 Å². The zero-order valence-corrected chi connectivity index (χ0v) is 17.0. The van der Waals surface area contributed by atoms with E-state index in [2.05, 4.69) is 25.9 Å². The van der Waals surface area contributed by atoms with Crippen molar-refractivity contribution in [1.82, 2.24) is 14.9 Å². The third-order valence-electron chi connectivity index (χ3n) is 3.93. The number of hydrogen-bond donors (Lipinski definition) is 0. The Labute approximate surface area is 172 Å². The highest BCUT2D eigenvalue weighted by molar-refractivity contribution is 9.10. The molecule has 0 aliphatic carbocycles. The number of ether oxygens (including phenoxy) is 2. The second-order valence-electron chi connectivity index (χ2n) is 5.99. The molecule has 2 heterocycles. The number of halogens is 1. The molecular formula is C21H20BrN3O3. The Morgan fingerprint density at radius 3 is 2.68 bits per heavy atom. The molecule has 7 heteroatoms. The maximum atomic E-state index is 12.9. The van der Waals surface area contributed by atoms with Crippen LogP contribution in [0.1, 0.15) is 16.1 Å². The van der Waals surface area contributed by atoms with Crippen molar-refractivity contribution in [2.24, 2.45) is 0 Å². The van der Waals surface area contributed by atoms with Crippen LogP contribution in [-0.2, 0) is 11.3 Å². The number of carbonyl (C=O) groups excluding carboxylic acids is 1. The highest BCUT2D eigenvalue weighted by Crippen LogP contribution is 2.23. The second-order valence-corrected chi connectivity index (χ2v) is 6.90. The van der Waals surface area contributed by atoms with Gasteiger partial charge in [0.15, 0.2) is 0 Å². The number of methoxy groups -OCH3 is 1. The fraction of sp³-hybridized carbons (Fsp3) is 0.190. The molecule has 0 aliphatic heterocycles. The fourth-order valence-electron chi connectivity index (χ4n) is 2.54. The number of hydrogen-bond acceptors (Lipinski definition) is 5. The summed E-state index contributed by atoms with van der Waals surface area (Å²) in [5.74, 6) is 0.949. The molecule has 144 valence electrons. The Hall–Kier alpha value is -2.77. The minimum absolute atomic E-state index is 0.135. The van der Waals surface area contributed by atoms with Gasteiger partial charge in [-0.05, 0) is 36.4 Å². The average molecular weight is 442 g/mol. The fourth-order valence-corrected chi connectivity index (χ4v) is 2.92. The van der Waals surface area contributed by atoms with E-state index in [1.54, 1.807) is 30.3 Å². The minimum Gasteiger partial charge on any atom is -0.439 e. The minimum atomic E-state index is -0.135. The lowest BCUT2D eigenvalue weighted by molar-refractivity contribution is 0.0677. The molecule has 6 nitrogen and oxygen atoms in total. The molecular weight excluding hydrogens is 422 g/mol. The predicted octanol–water partition coefficient (Wildman–Crippen LogP) is 4.32. The number of aromatic nitrogens is 2. The summed E-state index contributed by atoms with van der Waals surface area (Å²) in [6, 6.07) is 16.5. The number of rotatable bonds is 8. The van der Waals surface area contributed by atoms with Crippen LogP contribution in [0.5, 0.6) is 11.6 Å². The molecule has 2 aromatic heterocycles. The molecule has 1 amide bonds. The van der Waals surface area contributed by atoms with Gasteiger partial charge in [0.1, 0.15) is 5.75 Å². The lowest BCUT2D eigenvalue weighted by atomic mass is 10.2. The third kappa shape index (κ3) is 5.61. The Kier molecular flexibility index (Phi) is 7.11. The third-order valence-corrected chi connectivity index (χ3v) is 4.43. The van der Waals surface area contributed by atoms with E-state index in [0.29, 0.717) is 36.9 Å². The van der Waals surface area contributed by atoms with Crippen LogP contribution in [0, 0.1) is 0 Å². The van der Waals surface area contributed by atoms with Crippen molar-refractivity contribution in [2.75, 3.05) is 20.3 Å². The monoisotopic (exact) mass is 441 g/mol. The van der Waals surface area contributed by atoms with Crippen molar-refractivity contribution < 1.29 is 14.3 Å². The second kappa shape index (κ2) is 9.96. The molecule has 0 saturated carbocycles.